The number of carboxylic acid groups (broad SMARTS) is 1. The summed E-state index contributed by atoms with van der Waals surface area (Å²) >= 11 is 0. The van der Waals surface area contributed by atoms with E-state index in [1.807, 2.05) is 44.4 Å². The van der Waals surface area contributed by atoms with Gasteiger partial charge in [-0.3, -0.25) is 0 Å². The van der Waals surface area contributed by atoms with Crippen molar-refractivity contribution in [3.05, 3.63) is 48.2 Å². The fourth-order valence-electron chi connectivity index (χ4n) is 2.02. The maximum atomic E-state index is 10.7. The van der Waals surface area contributed by atoms with Gasteiger partial charge in [0.2, 0.25) is 0 Å². The van der Waals surface area contributed by atoms with E-state index in [1.54, 1.807) is 13.0 Å². The van der Waals surface area contributed by atoms with Crippen molar-refractivity contribution in [2.45, 2.75) is 6.92 Å². The first-order valence-electron chi connectivity index (χ1n) is 7.35. The SMILES string of the molecule is C/C(=C\C(=O)O)c1ccc(-c2ccc(OCCN(C)C)cc2)o1. The molecule has 0 saturated carbocycles. The molecule has 0 unspecified atom stereocenters. The second-order valence-electron chi connectivity index (χ2n) is 5.51. The summed E-state index contributed by atoms with van der Waals surface area (Å²) in [4.78, 5) is 12.8. The third kappa shape index (κ3) is 5.00. The highest BCUT2D eigenvalue weighted by atomic mass is 16.5. The number of ether oxygens (including phenoxy) is 1. The maximum absolute atomic E-state index is 10.7. The van der Waals surface area contributed by atoms with E-state index in [0.29, 0.717) is 23.7 Å². The lowest BCUT2D eigenvalue weighted by molar-refractivity contribution is -0.131. The van der Waals surface area contributed by atoms with Gasteiger partial charge in [-0.25, -0.2) is 4.79 Å². The third-order valence-electron chi connectivity index (χ3n) is 3.28. The number of rotatable bonds is 7. The predicted molar refractivity (Wildman–Crippen MR) is 89.5 cm³/mol. The molecule has 1 N–H and O–H groups in total. The van der Waals surface area contributed by atoms with E-state index in [4.69, 9.17) is 14.3 Å². The number of carboxylic acids is 1. The van der Waals surface area contributed by atoms with Crippen LogP contribution < -0.4 is 4.74 Å². The molecule has 1 aromatic heterocycles. The van der Waals surface area contributed by atoms with E-state index < -0.39 is 5.97 Å². The lowest BCUT2D eigenvalue weighted by Gasteiger charge is -2.11. The molecule has 0 aliphatic heterocycles. The Kier molecular flexibility index (Phi) is 5.60. The summed E-state index contributed by atoms with van der Waals surface area (Å²) in [5, 5.41) is 8.77. The van der Waals surface area contributed by atoms with Crippen LogP contribution in [0.25, 0.3) is 16.9 Å². The largest absolute Gasteiger partial charge is 0.492 e. The molecule has 0 atom stereocenters. The molecule has 2 rings (SSSR count). The molecule has 0 fully saturated rings. The summed E-state index contributed by atoms with van der Waals surface area (Å²) in [7, 11) is 4.00. The van der Waals surface area contributed by atoms with Gasteiger partial charge in [0.15, 0.2) is 0 Å². The van der Waals surface area contributed by atoms with E-state index in [2.05, 4.69) is 4.90 Å². The number of furan rings is 1. The molecule has 0 radical (unpaired) electrons. The highest BCUT2D eigenvalue weighted by molar-refractivity contribution is 5.88. The fourth-order valence-corrected chi connectivity index (χ4v) is 2.02. The summed E-state index contributed by atoms with van der Waals surface area (Å²) < 4.78 is 11.4. The van der Waals surface area contributed by atoms with Crippen molar-refractivity contribution < 1.29 is 19.1 Å². The van der Waals surface area contributed by atoms with E-state index >= 15 is 0 Å². The highest BCUT2D eigenvalue weighted by Gasteiger charge is 2.07. The van der Waals surface area contributed by atoms with E-state index in [-0.39, 0.29) is 0 Å². The van der Waals surface area contributed by atoms with Crippen molar-refractivity contribution in [3.8, 4) is 17.1 Å². The maximum Gasteiger partial charge on any atom is 0.328 e. The molecule has 122 valence electrons. The number of likely N-dealkylation sites (N-methyl/N-ethyl adjacent to an activating group) is 1. The predicted octanol–water partition coefficient (Wildman–Crippen LogP) is 3.37. The summed E-state index contributed by atoms with van der Waals surface area (Å²) in [6.07, 6.45) is 1.13. The van der Waals surface area contributed by atoms with Crippen LogP contribution in [0.3, 0.4) is 0 Å². The summed E-state index contributed by atoms with van der Waals surface area (Å²) in [6.45, 7) is 3.20. The van der Waals surface area contributed by atoms with Crippen LogP contribution in [0.4, 0.5) is 0 Å². The molecule has 0 bridgehead atoms. The van der Waals surface area contributed by atoms with E-state index in [1.165, 1.54) is 0 Å². The van der Waals surface area contributed by atoms with Gasteiger partial charge in [0.1, 0.15) is 23.9 Å². The van der Waals surface area contributed by atoms with Gasteiger partial charge in [0.25, 0.3) is 0 Å². The Balaban J connectivity index is 2.05. The van der Waals surface area contributed by atoms with Crippen molar-refractivity contribution >= 4 is 11.5 Å². The molecule has 5 heteroatoms. The number of aliphatic carboxylic acids is 1. The molecule has 0 saturated heterocycles. The second-order valence-corrected chi connectivity index (χ2v) is 5.51. The lowest BCUT2D eigenvalue weighted by atomic mass is 10.1. The molecule has 0 amide bonds. The number of benzene rings is 1. The molecule has 1 heterocycles. The number of hydrogen-bond acceptors (Lipinski definition) is 4. The van der Waals surface area contributed by atoms with Gasteiger partial charge in [0, 0.05) is 18.2 Å². The molecule has 23 heavy (non-hydrogen) atoms. The zero-order valence-corrected chi connectivity index (χ0v) is 13.6. The Morgan fingerprint density at radius 1 is 1.22 bits per heavy atom. The Labute approximate surface area is 135 Å². The highest BCUT2D eigenvalue weighted by Crippen LogP contribution is 2.27. The molecule has 5 nitrogen and oxygen atoms in total. The van der Waals surface area contributed by atoms with E-state index in [0.717, 1.165) is 23.9 Å². The summed E-state index contributed by atoms with van der Waals surface area (Å²) in [6, 6.07) is 11.2. The molecule has 0 aliphatic carbocycles. The first-order valence-corrected chi connectivity index (χ1v) is 7.35. The van der Waals surface area contributed by atoms with Crippen molar-refractivity contribution in [3.63, 3.8) is 0 Å². The normalized spacial score (nSPS) is 11.7. The smallest absolute Gasteiger partial charge is 0.328 e. The number of hydrogen-bond donors (Lipinski definition) is 1. The van der Waals surface area contributed by atoms with Crippen LogP contribution in [0.1, 0.15) is 12.7 Å². The molecule has 2 aromatic rings. The van der Waals surface area contributed by atoms with E-state index in [9.17, 15) is 4.79 Å². The average molecular weight is 315 g/mol. The minimum absolute atomic E-state index is 0.550. The second kappa shape index (κ2) is 7.65. The van der Waals surface area contributed by atoms with Crippen molar-refractivity contribution in [1.29, 1.82) is 0 Å². The van der Waals surface area contributed by atoms with Gasteiger partial charge in [-0.15, -0.1) is 0 Å². The average Bonchev–Trinajstić information content (AvgIpc) is 2.97. The van der Waals surface area contributed by atoms with Gasteiger partial charge in [-0.05, 0) is 63.0 Å². The molecule has 1 aromatic carbocycles. The fraction of sp³-hybridized carbons (Fsp3) is 0.278. The number of nitrogens with zero attached hydrogens (tertiary/aromatic N) is 1. The monoisotopic (exact) mass is 315 g/mol. The molecule has 0 aliphatic rings. The minimum Gasteiger partial charge on any atom is -0.492 e. The van der Waals surface area contributed by atoms with Crippen LogP contribution in [0.2, 0.25) is 0 Å². The number of allylic oxidation sites excluding steroid dienone is 1. The van der Waals surface area contributed by atoms with Crippen LogP contribution in [-0.4, -0.2) is 43.2 Å². The van der Waals surface area contributed by atoms with Gasteiger partial charge in [0.05, 0.1) is 0 Å². The van der Waals surface area contributed by atoms with Crippen LogP contribution in [0, 0.1) is 0 Å². The molecular formula is C18H21NO4. The zero-order chi connectivity index (χ0) is 16.8. The van der Waals surface area contributed by atoms with Crippen LogP contribution in [0.15, 0.2) is 46.9 Å². The van der Waals surface area contributed by atoms with Crippen molar-refractivity contribution in [2.75, 3.05) is 27.2 Å². The zero-order valence-electron chi connectivity index (χ0n) is 13.6. The first kappa shape index (κ1) is 16.8. The topological polar surface area (TPSA) is 62.9 Å². The Morgan fingerprint density at radius 3 is 2.52 bits per heavy atom. The minimum atomic E-state index is -0.986. The van der Waals surface area contributed by atoms with Gasteiger partial charge < -0.3 is 19.2 Å². The standard InChI is InChI=1S/C18H21NO4/c1-13(12-18(20)21)16-8-9-17(23-16)14-4-6-15(7-5-14)22-11-10-19(2)3/h4-9,12H,10-11H2,1-3H3,(H,20,21)/b13-12+. The summed E-state index contributed by atoms with van der Waals surface area (Å²) in [5.74, 6) is 1.07. The van der Waals surface area contributed by atoms with Crippen LogP contribution >= 0.6 is 0 Å². The van der Waals surface area contributed by atoms with Crippen molar-refractivity contribution in [2.24, 2.45) is 0 Å². The molecular weight excluding hydrogens is 294 g/mol. The lowest BCUT2D eigenvalue weighted by Crippen LogP contribution is -2.19. The van der Waals surface area contributed by atoms with Crippen molar-refractivity contribution in [1.82, 2.24) is 4.90 Å². The Hall–Kier alpha value is -2.53. The van der Waals surface area contributed by atoms with Crippen LogP contribution in [0.5, 0.6) is 5.75 Å². The third-order valence-corrected chi connectivity index (χ3v) is 3.28. The van der Waals surface area contributed by atoms with Crippen LogP contribution in [-0.2, 0) is 4.79 Å². The van der Waals surface area contributed by atoms with Gasteiger partial charge in [-0.1, -0.05) is 0 Å². The quantitative estimate of drug-likeness (QED) is 0.794. The Morgan fingerprint density at radius 2 is 1.91 bits per heavy atom. The number of carbonyl (C=O) groups is 1. The Bertz CT molecular complexity index is 683. The van der Waals surface area contributed by atoms with Gasteiger partial charge in [-0.2, -0.15) is 0 Å². The first-order chi connectivity index (χ1) is 11.0. The van der Waals surface area contributed by atoms with Gasteiger partial charge >= 0.3 is 5.97 Å². The summed E-state index contributed by atoms with van der Waals surface area (Å²) in [5.41, 5.74) is 1.49. The molecule has 0 spiro atoms.